The van der Waals surface area contributed by atoms with E-state index in [1.165, 1.54) is 25.7 Å². The molecule has 1 aromatic rings. The number of Topliss-reactive ketones (excluding diaryl/α,β-unsaturated/α-hetero) is 1. The molecule has 4 heteroatoms. The highest BCUT2D eigenvalue weighted by molar-refractivity contribution is 6.00. The van der Waals surface area contributed by atoms with Crippen LogP contribution in [0.2, 0.25) is 0 Å². The van der Waals surface area contributed by atoms with Crippen molar-refractivity contribution in [2.24, 2.45) is 5.73 Å². The number of hydrogen-bond donors (Lipinski definition) is 2. The second-order valence-corrected chi connectivity index (χ2v) is 5.79. The van der Waals surface area contributed by atoms with Crippen molar-refractivity contribution in [1.29, 1.82) is 0 Å². The van der Waals surface area contributed by atoms with Gasteiger partial charge in [-0.1, -0.05) is 69.7 Å². The predicted molar refractivity (Wildman–Crippen MR) is 88.1 cm³/mol. The molecule has 1 atom stereocenters. The molecule has 0 bridgehead atoms. The third kappa shape index (κ3) is 6.85. The third-order valence-electron chi connectivity index (χ3n) is 3.80. The lowest BCUT2D eigenvalue weighted by atomic mass is 9.98. The Morgan fingerprint density at radius 2 is 1.64 bits per heavy atom. The van der Waals surface area contributed by atoms with Crippen molar-refractivity contribution in [3.8, 4) is 0 Å². The molecule has 3 N–H and O–H groups in total. The molecular formula is C18H27NO3. The van der Waals surface area contributed by atoms with Crippen LogP contribution in [0, 0.1) is 0 Å². The summed E-state index contributed by atoms with van der Waals surface area (Å²) in [5.41, 5.74) is 7.22. The molecule has 1 unspecified atom stereocenters. The van der Waals surface area contributed by atoms with Crippen LogP contribution in [-0.4, -0.2) is 22.9 Å². The summed E-state index contributed by atoms with van der Waals surface area (Å²) >= 11 is 0. The number of carbonyl (C=O) groups is 2. The molecular weight excluding hydrogens is 278 g/mol. The number of rotatable bonds is 11. The van der Waals surface area contributed by atoms with Gasteiger partial charge in [0.05, 0.1) is 12.5 Å². The second kappa shape index (κ2) is 10.1. The number of carboxylic acid groups (broad SMARTS) is 1. The van der Waals surface area contributed by atoms with E-state index in [9.17, 15) is 9.59 Å². The number of nitrogens with two attached hydrogens (primary N) is 1. The number of carbonyl (C=O) groups excluding carboxylic acids is 1. The summed E-state index contributed by atoms with van der Waals surface area (Å²) in [5.74, 6) is -0.936. The quantitative estimate of drug-likeness (QED) is 0.484. The minimum Gasteiger partial charge on any atom is -0.481 e. The summed E-state index contributed by atoms with van der Waals surface area (Å²) in [6.07, 6.45) is 7.75. The third-order valence-corrected chi connectivity index (χ3v) is 3.80. The Balaban J connectivity index is 2.37. The van der Waals surface area contributed by atoms with Gasteiger partial charge in [0.15, 0.2) is 5.78 Å². The average molecular weight is 305 g/mol. The molecule has 0 aliphatic carbocycles. The fraction of sp³-hybridized carbons (Fsp3) is 0.556. The van der Waals surface area contributed by atoms with E-state index in [0.717, 1.165) is 12.8 Å². The number of benzene rings is 1. The van der Waals surface area contributed by atoms with Crippen LogP contribution in [0.5, 0.6) is 0 Å². The highest BCUT2D eigenvalue weighted by Crippen LogP contribution is 2.12. The van der Waals surface area contributed by atoms with E-state index < -0.39 is 12.0 Å². The number of unbranched alkanes of at least 4 members (excludes halogenated alkanes) is 5. The second-order valence-electron chi connectivity index (χ2n) is 5.79. The van der Waals surface area contributed by atoms with Gasteiger partial charge in [0.2, 0.25) is 0 Å². The molecule has 22 heavy (non-hydrogen) atoms. The number of carboxylic acids is 1. The molecule has 0 aliphatic rings. The fourth-order valence-corrected chi connectivity index (χ4v) is 2.45. The zero-order valence-corrected chi connectivity index (χ0v) is 13.4. The Morgan fingerprint density at radius 1 is 1.05 bits per heavy atom. The summed E-state index contributed by atoms with van der Waals surface area (Å²) in [5, 5.41) is 8.72. The molecule has 0 amide bonds. The van der Waals surface area contributed by atoms with E-state index in [1.54, 1.807) is 24.3 Å². The van der Waals surface area contributed by atoms with Crippen molar-refractivity contribution >= 4 is 11.8 Å². The largest absolute Gasteiger partial charge is 0.481 e. The summed E-state index contributed by atoms with van der Waals surface area (Å²) in [6.45, 7) is 2.19. The highest BCUT2D eigenvalue weighted by Gasteiger charge is 2.15. The van der Waals surface area contributed by atoms with Gasteiger partial charge in [0, 0.05) is 5.56 Å². The first-order valence-corrected chi connectivity index (χ1v) is 8.15. The van der Waals surface area contributed by atoms with Gasteiger partial charge in [0.1, 0.15) is 0 Å². The monoisotopic (exact) mass is 305 g/mol. The van der Waals surface area contributed by atoms with Crippen LogP contribution in [0.25, 0.3) is 0 Å². The summed E-state index contributed by atoms with van der Waals surface area (Å²) < 4.78 is 0. The smallest absolute Gasteiger partial charge is 0.307 e. The fourth-order valence-electron chi connectivity index (χ4n) is 2.45. The van der Waals surface area contributed by atoms with Gasteiger partial charge in [-0.05, 0) is 12.0 Å². The molecule has 0 heterocycles. The Morgan fingerprint density at radius 3 is 2.23 bits per heavy atom. The van der Waals surface area contributed by atoms with E-state index in [2.05, 4.69) is 6.92 Å². The van der Waals surface area contributed by atoms with Crippen LogP contribution in [0.1, 0.15) is 67.8 Å². The van der Waals surface area contributed by atoms with E-state index in [-0.39, 0.29) is 12.2 Å². The number of ketones is 1. The van der Waals surface area contributed by atoms with Crippen LogP contribution in [-0.2, 0) is 11.2 Å². The minimum absolute atomic E-state index is 0.0295. The molecule has 0 aromatic heterocycles. The predicted octanol–water partition coefficient (Wildman–Crippen LogP) is 3.57. The van der Waals surface area contributed by atoms with Gasteiger partial charge in [-0.15, -0.1) is 0 Å². The molecule has 1 rings (SSSR count). The van der Waals surface area contributed by atoms with E-state index in [0.29, 0.717) is 17.5 Å². The van der Waals surface area contributed by atoms with Crippen LogP contribution in [0.15, 0.2) is 24.3 Å². The molecule has 4 nitrogen and oxygen atoms in total. The van der Waals surface area contributed by atoms with Crippen molar-refractivity contribution in [2.75, 3.05) is 0 Å². The molecule has 1 aromatic carbocycles. The van der Waals surface area contributed by atoms with Crippen molar-refractivity contribution in [2.45, 2.75) is 64.3 Å². The highest BCUT2D eigenvalue weighted by atomic mass is 16.4. The lowest BCUT2D eigenvalue weighted by Gasteiger charge is -2.11. The molecule has 0 spiro atoms. The zero-order valence-electron chi connectivity index (χ0n) is 13.4. The minimum atomic E-state index is -0.876. The summed E-state index contributed by atoms with van der Waals surface area (Å²) in [6, 6.07) is 6.23. The number of hydrogen-bond acceptors (Lipinski definition) is 3. The van der Waals surface area contributed by atoms with Gasteiger partial charge in [-0.3, -0.25) is 9.59 Å². The first kappa shape index (κ1) is 18.4. The summed E-state index contributed by atoms with van der Waals surface area (Å²) in [7, 11) is 0. The molecule has 0 aliphatic heterocycles. The SMILES string of the molecule is CCCCCCCCC(N)C(=O)c1ccc(CC(=O)O)cc1. The van der Waals surface area contributed by atoms with E-state index in [4.69, 9.17) is 10.8 Å². The van der Waals surface area contributed by atoms with Crippen LogP contribution in [0.3, 0.4) is 0 Å². The van der Waals surface area contributed by atoms with Crippen LogP contribution < -0.4 is 5.73 Å². The molecule has 0 radical (unpaired) electrons. The topological polar surface area (TPSA) is 80.4 Å². The van der Waals surface area contributed by atoms with Crippen molar-refractivity contribution < 1.29 is 14.7 Å². The molecule has 122 valence electrons. The molecule has 0 saturated heterocycles. The zero-order chi connectivity index (χ0) is 16.4. The summed E-state index contributed by atoms with van der Waals surface area (Å²) in [4.78, 5) is 22.8. The van der Waals surface area contributed by atoms with Gasteiger partial charge in [-0.25, -0.2) is 0 Å². The Labute approximate surface area is 132 Å². The lowest BCUT2D eigenvalue weighted by molar-refractivity contribution is -0.136. The molecule has 0 saturated carbocycles. The number of aliphatic carboxylic acids is 1. The Hall–Kier alpha value is -1.68. The van der Waals surface area contributed by atoms with E-state index in [1.807, 2.05) is 0 Å². The maximum Gasteiger partial charge on any atom is 0.307 e. The van der Waals surface area contributed by atoms with Crippen LogP contribution in [0.4, 0.5) is 0 Å². The van der Waals surface area contributed by atoms with Gasteiger partial charge in [0.25, 0.3) is 0 Å². The average Bonchev–Trinajstić information content (AvgIpc) is 2.50. The lowest BCUT2D eigenvalue weighted by Crippen LogP contribution is -2.30. The maximum atomic E-state index is 12.2. The van der Waals surface area contributed by atoms with Crippen molar-refractivity contribution in [3.63, 3.8) is 0 Å². The van der Waals surface area contributed by atoms with Crippen molar-refractivity contribution in [3.05, 3.63) is 35.4 Å². The van der Waals surface area contributed by atoms with Gasteiger partial charge >= 0.3 is 5.97 Å². The van der Waals surface area contributed by atoms with Crippen LogP contribution >= 0.6 is 0 Å². The maximum absolute atomic E-state index is 12.2. The standard InChI is InChI=1S/C18H27NO3/c1-2-3-4-5-6-7-8-16(19)18(22)15-11-9-14(10-12-15)13-17(20)21/h9-12,16H,2-8,13,19H2,1H3,(H,20,21). The molecule has 0 fully saturated rings. The van der Waals surface area contributed by atoms with E-state index >= 15 is 0 Å². The first-order valence-electron chi connectivity index (χ1n) is 8.15. The normalized spacial score (nSPS) is 12.1. The Bertz CT molecular complexity index is 468. The van der Waals surface area contributed by atoms with Gasteiger partial charge < -0.3 is 10.8 Å². The first-order chi connectivity index (χ1) is 10.5. The van der Waals surface area contributed by atoms with Crippen molar-refractivity contribution in [1.82, 2.24) is 0 Å². The Kier molecular flexibility index (Phi) is 8.44. The van der Waals surface area contributed by atoms with Gasteiger partial charge in [-0.2, -0.15) is 0 Å².